The van der Waals surface area contributed by atoms with Crippen LogP contribution in [-0.4, -0.2) is 45.7 Å². The summed E-state index contributed by atoms with van der Waals surface area (Å²) in [5.41, 5.74) is 1.50. The van der Waals surface area contributed by atoms with Gasteiger partial charge in [-0.05, 0) is 35.6 Å². The van der Waals surface area contributed by atoms with Gasteiger partial charge in [-0.25, -0.2) is 4.98 Å². The van der Waals surface area contributed by atoms with Crippen LogP contribution in [-0.2, 0) is 11.2 Å². The van der Waals surface area contributed by atoms with E-state index < -0.39 is 0 Å². The van der Waals surface area contributed by atoms with E-state index in [-0.39, 0.29) is 17.7 Å². The Morgan fingerprint density at radius 2 is 2.03 bits per heavy atom. The molecule has 0 bridgehead atoms. The minimum Gasteiger partial charge on any atom is -0.352 e. The average Bonchev–Trinajstić information content (AvgIpc) is 3.39. The van der Waals surface area contributed by atoms with E-state index in [1.165, 1.54) is 0 Å². The molecule has 1 aliphatic rings. The first-order chi connectivity index (χ1) is 15.2. The van der Waals surface area contributed by atoms with Crippen LogP contribution in [0.25, 0.3) is 15.7 Å². The molecule has 3 heterocycles. The van der Waals surface area contributed by atoms with Gasteiger partial charge >= 0.3 is 0 Å². The second kappa shape index (κ2) is 8.51. The maximum absolute atomic E-state index is 12.8. The van der Waals surface area contributed by atoms with Crippen molar-refractivity contribution in [3.63, 3.8) is 0 Å². The third-order valence-corrected chi connectivity index (χ3v) is 6.70. The molecule has 6 nitrogen and oxygen atoms in total. The maximum Gasteiger partial charge on any atom is 0.251 e. The van der Waals surface area contributed by atoms with Crippen molar-refractivity contribution in [2.45, 2.75) is 19.3 Å². The Bertz CT molecular complexity index is 1210. The molecule has 0 aliphatic carbocycles. The smallest absolute Gasteiger partial charge is 0.251 e. The third kappa shape index (κ3) is 4.18. The van der Waals surface area contributed by atoms with E-state index in [4.69, 9.17) is 0 Å². The molecule has 1 saturated heterocycles. The number of piperidine rings is 1. The standard InChI is InChI=1S/C24H24N4O2S/c29-22(13-19-16-28-11-12-31-24(28)26-19)27-10-4-5-17(15-27)14-25-23(30)21-9-3-7-18-6-1-2-8-20(18)21/h1-3,6-9,11-12,16-17H,4-5,10,13-15H2,(H,25,30)/t17-/m0/s1. The molecule has 0 radical (unpaired) electrons. The lowest BCUT2D eigenvalue weighted by atomic mass is 9.97. The van der Waals surface area contributed by atoms with E-state index in [0.717, 1.165) is 40.8 Å². The highest BCUT2D eigenvalue weighted by atomic mass is 32.1. The Hall–Kier alpha value is -3.19. The number of aromatic nitrogens is 2. The molecule has 1 fully saturated rings. The predicted molar refractivity (Wildman–Crippen MR) is 122 cm³/mol. The molecule has 0 spiro atoms. The summed E-state index contributed by atoms with van der Waals surface area (Å²) in [6, 6.07) is 13.7. The lowest BCUT2D eigenvalue weighted by molar-refractivity contribution is -0.132. The first-order valence-corrected chi connectivity index (χ1v) is 11.5. The molecule has 0 saturated carbocycles. The molecule has 2 amide bonds. The van der Waals surface area contributed by atoms with Crippen LogP contribution in [0.5, 0.6) is 0 Å². The van der Waals surface area contributed by atoms with Crippen LogP contribution >= 0.6 is 11.3 Å². The van der Waals surface area contributed by atoms with Crippen LogP contribution < -0.4 is 5.32 Å². The van der Waals surface area contributed by atoms with Gasteiger partial charge in [-0.2, -0.15) is 0 Å². The number of imidazole rings is 1. The largest absolute Gasteiger partial charge is 0.352 e. The fourth-order valence-corrected chi connectivity index (χ4v) is 5.06. The molecule has 1 atom stereocenters. The molecule has 0 unspecified atom stereocenters. The quantitative estimate of drug-likeness (QED) is 0.522. The lowest BCUT2D eigenvalue weighted by Crippen LogP contribution is -2.44. The van der Waals surface area contributed by atoms with Gasteiger partial charge in [-0.3, -0.25) is 14.0 Å². The molecular weight excluding hydrogens is 408 g/mol. The Balaban J connectivity index is 1.19. The van der Waals surface area contributed by atoms with Crippen molar-refractivity contribution < 1.29 is 9.59 Å². The normalized spacial score (nSPS) is 16.6. The number of rotatable bonds is 5. The molecule has 7 heteroatoms. The maximum atomic E-state index is 12.8. The Labute approximate surface area is 184 Å². The van der Waals surface area contributed by atoms with Gasteiger partial charge in [0.05, 0.1) is 12.1 Å². The van der Waals surface area contributed by atoms with Crippen molar-refractivity contribution in [1.29, 1.82) is 0 Å². The zero-order valence-corrected chi connectivity index (χ0v) is 18.0. The summed E-state index contributed by atoms with van der Waals surface area (Å²) in [7, 11) is 0. The summed E-state index contributed by atoms with van der Waals surface area (Å²) in [5, 5.41) is 7.09. The third-order valence-electron chi connectivity index (χ3n) is 5.93. The highest BCUT2D eigenvalue weighted by Gasteiger charge is 2.25. The zero-order valence-electron chi connectivity index (χ0n) is 17.2. The van der Waals surface area contributed by atoms with E-state index in [9.17, 15) is 9.59 Å². The number of carbonyl (C=O) groups excluding carboxylic acids is 2. The SMILES string of the molecule is O=C(NC[C@@H]1CCCN(C(=O)Cc2cn3ccsc3n2)C1)c1cccc2ccccc12. The van der Waals surface area contributed by atoms with Gasteiger partial charge < -0.3 is 10.2 Å². The molecule has 2 aromatic heterocycles. The first kappa shape index (κ1) is 19.8. The van der Waals surface area contributed by atoms with Crippen molar-refractivity contribution >= 4 is 38.9 Å². The van der Waals surface area contributed by atoms with Gasteiger partial charge in [0, 0.05) is 43.0 Å². The van der Waals surface area contributed by atoms with E-state index in [1.807, 2.05) is 69.5 Å². The van der Waals surface area contributed by atoms with E-state index in [2.05, 4.69) is 10.3 Å². The van der Waals surface area contributed by atoms with Gasteiger partial charge in [0.25, 0.3) is 5.91 Å². The number of carbonyl (C=O) groups is 2. The number of benzene rings is 2. The van der Waals surface area contributed by atoms with Crippen molar-refractivity contribution in [2.75, 3.05) is 19.6 Å². The summed E-state index contributed by atoms with van der Waals surface area (Å²) < 4.78 is 1.95. The van der Waals surface area contributed by atoms with E-state index in [0.29, 0.717) is 25.1 Å². The van der Waals surface area contributed by atoms with E-state index in [1.54, 1.807) is 11.3 Å². The molecule has 4 aromatic rings. The Morgan fingerprint density at radius 3 is 2.94 bits per heavy atom. The minimum absolute atomic E-state index is 0.0571. The van der Waals surface area contributed by atoms with Crippen molar-refractivity contribution in [1.82, 2.24) is 19.6 Å². The first-order valence-electron chi connectivity index (χ1n) is 10.6. The number of fused-ring (bicyclic) bond motifs is 2. The number of nitrogens with one attached hydrogen (secondary N) is 1. The molecule has 158 valence electrons. The van der Waals surface area contributed by atoms with Crippen LogP contribution in [0, 0.1) is 5.92 Å². The molecular formula is C24H24N4O2S. The fourth-order valence-electron chi connectivity index (χ4n) is 4.34. The van der Waals surface area contributed by atoms with Gasteiger partial charge in [0.1, 0.15) is 0 Å². The van der Waals surface area contributed by atoms with Crippen LogP contribution in [0.2, 0.25) is 0 Å². The van der Waals surface area contributed by atoms with Crippen LogP contribution in [0.3, 0.4) is 0 Å². The number of thiazole rings is 1. The van der Waals surface area contributed by atoms with Gasteiger partial charge in [0.2, 0.25) is 5.91 Å². The van der Waals surface area contributed by atoms with Crippen molar-refractivity contribution in [2.24, 2.45) is 5.92 Å². The van der Waals surface area contributed by atoms with Gasteiger partial charge in [-0.1, -0.05) is 36.4 Å². The van der Waals surface area contributed by atoms with Gasteiger partial charge in [0.15, 0.2) is 4.96 Å². The van der Waals surface area contributed by atoms with Crippen molar-refractivity contribution in [3.05, 3.63) is 71.5 Å². The fraction of sp³-hybridized carbons (Fsp3) is 0.292. The molecule has 1 aliphatic heterocycles. The summed E-state index contributed by atoms with van der Waals surface area (Å²) in [5.74, 6) is 0.316. The number of likely N-dealkylation sites (tertiary alicyclic amines) is 1. The van der Waals surface area contributed by atoms with Crippen LogP contribution in [0.15, 0.2) is 60.2 Å². The summed E-state index contributed by atoms with van der Waals surface area (Å²) in [6.07, 6.45) is 6.17. The summed E-state index contributed by atoms with van der Waals surface area (Å²) >= 11 is 1.57. The topological polar surface area (TPSA) is 66.7 Å². The number of nitrogens with zero attached hydrogens (tertiary/aromatic N) is 3. The number of hydrogen-bond donors (Lipinski definition) is 1. The zero-order chi connectivity index (χ0) is 21.2. The molecule has 5 rings (SSSR count). The predicted octanol–water partition coefficient (Wildman–Crippen LogP) is 3.76. The monoisotopic (exact) mass is 432 g/mol. The van der Waals surface area contributed by atoms with Crippen LogP contribution in [0.4, 0.5) is 0 Å². The molecule has 31 heavy (non-hydrogen) atoms. The lowest BCUT2D eigenvalue weighted by Gasteiger charge is -2.33. The minimum atomic E-state index is -0.0571. The number of hydrogen-bond acceptors (Lipinski definition) is 4. The average molecular weight is 433 g/mol. The highest BCUT2D eigenvalue weighted by molar-refractivity contribution is 7.15. The second-order valence-corrected chi connectivity index (χ2v) is 8.96. The van der Waals surface area contributed by atoms with E-state index >= 15 is 0 Å². The van der Waals surface area contributed by atoms with Crippen molar-refractivity contribution in [3.8, 4) is 0 Å². The molecule has 2 aromatic carbocycles. The highest BCUT2D eigenvalue weighted by Crippen LogP contribution is 2.20. The second-order valence-electron chi connectivity index (χ2n) is 8.09. The summed E-state index contributed by atoms with van der Waals surface area (Å²) in [6.45, 7) is 2.03. The molecule has 1 N–H and O–H groups in total. The van der Waals surface area contributed by atoms with Gasteiger partial charge in [-0.15, -0.1) is 11.3 Å². The summed E-state index contributed by atoms with van der Waals surface area (Å²) in [4.78, 5) is 33.0. The Kier molecular flexibility index (Phi) is 5.42. The van der Waals surface area contributed by atoms with Crippen LogP contribution in [0.1, 0.15) is 28.9 Å². The number of amides is 2. The Morgan fingerprint density at radius 1 is 1.16 bits per heavy atom.